The predicted octanol–water partition coefficient (Wildman–Crippen LogP) is 4.30. The van der Waals surface area contributed by atoms with Gasteiger partial charge in [-0.15, -0.1) is 0 Å². The molecule has 1 aromatic carbocycles. The van der Waals surface area contributed by atoms with Crippen molar-refractivity contribution in [3.63, 3.8) is 0 Å². The lowest BCUT2D eigenvalue weighted by Gasteiger charge is -2.16. The van der Waals surface area contributed by atoms with Gasteiger partial charge in [0.05, 0.1) is 15.5 Å². The van der Waals surface area contributed by atoms with E-state index in [1.165, 1.54) is 5.56 Å². The SMILES string of the molecule is CCCNC(C)c1ccc(-n2cc(I)cn2)cc1Br. The van der Waals surface area contributed by atoms with Gasteiger partial charge in [0, 0.05) is 16.7 Å². The van der Waals surface area contributed by atoms with E-state index in [1.807, 2.05) is 17.1 Å². The molecule has 0 fully saturated rings. The first-order valence-corrected chi connectivity index (χ1v) is 8.22. The first kappa shape index (κ1) is 15.0. The average Bonchev–Trinajstić information content (AvgIpc) is 2.82. The van der Waals surface area contributed by atoms with Crippen LogP contribution in [0, 0.1) is 3.57 Å². The maximum Gasteiger partial charge on any atom is 0.0657 e. The second kappa shape index (κ2) is 6.85. The summed E-state index contributed by atoms with van der Waals surface area (Å²) in [6.07, 6.45) is 5.01. The third kappa shape index (κ3) is 3.79. The van der Waals surface area contributed by atoms with Gasteiger partial charge in [-0.05, 0) is 60.2 Å². The number of hydrogen-bond donors (Lipinski definition) is 1. The first-order chi connectivity index (χ1) is 9.11. The molecular weight excluding hydrogens is 417 g/mol. The number of aromatic nitrogens is 2. The summed E-state index contributed by atoms with van der Waals surface area (Å²) in [6, 6.07) is 6.72. The summed E-state index contributed by atoms with van der Waals surface area (Å²) in [7, 11) is 0. The van der Waals surface area contributed by atoms with Gasteiger partial charge in [0.2, 0.25) is 0 Å². The highest BCUT2D eigenvalue weighted by Gasteiger charge is 2.10. The van der Waals surface area contributed by atoms with Gasteiger partial charge in [0.1, 0.15) is 0 Å². The molecule has 0 spiro atoms. The fourth-order valence-corrected chi connectivity index (χ4v) is 3.02. The molecule has 1 N–H and O–H groups in total. The lowest BCUT2D eigenvalue weighted by atomic mass is 10.1. The summed E-state index contributed by atoms with van der Waals surface area (Å²) in [5.41, 5.74) is 2.35. The Morgan fingerprint density at radius 3 is 2.84 bits per heavy atom. The minimum Gasteiger partial charge on any atom is -0.310 e. The van der Waals surface area contributed by atoms with E-state index in [2.05, 4.69) is 81.0 Å². The second-order valence-electron chi connectivity index (χ2n) is 4.48. The molecule has 1 atom stereocenters. The maximum atomic E-state index is 4.32. The number of benzene rings is 1. The van der Waals surface area contributed by atoms with Crippen molar-refractivity contribution in [2.24, 2.45) is 0 Å². The number of rotatable bonds is 5. The summed E-state index contributed by atoms with van der Waals surface area (Å²) in [4.78, 5) is 0. The molecule has 1 aromatic heterocycles. The van der Waals surface area contributed by atoms with E-state index in [9.17, 15) is 0 Å². The summed E-state index contributed by atoms with van der Waals surface area (Å²) < 4.78 is 4.14. The summed E-state index contributed by atoms with van der Waals surface area (Å²) >= 11 is 5.92. The van der Waals surface area contributed by atoms with Crippen molar-refractivity contribution in [2.75, 3.05) is 6.54 Å². The van der Waals surface area contributed by atoms with Crippen LogP contribution < -0.4 is 5.32 Å². The average molecular weight is 434 g/mol. The van der Waals surface area contributed by atoms with E-state index < -0.39 is 0 Å². The van der Waals surface area contributed by atoms with Gasteiger partial charge >= 0.3 is 0 Å². The number of hydrogen-bond acceptors (Lipinski definition) is 2. The van der Waals surface area contributed by atoms with Crippen LogP contribution in [0.1, 0.15) is 31.9 Å². The Bertz CT molecular complexity index is 553. The quantitative estimate of drug-likeness (QED) is 0.712. The summed E-state index contributed by atoms with van der Waals surface area (Å²) in [5.74, 6) is 0. The van der Waals surface area contributed by atoms with Crippen molar-refractivity contribution in [2.45, 2.75) is 26.3 Å². The van der Waals surface area contributed by atoms with Crippen molar-refractivity contribution in [3.05, 3.63) is 44.2 Å². The molecule has 0 amide bonds. The Kier molecular flexibility index (Phi) is 5.41. The molecule has 0 aliphatic heterocycles. The topological polar surface area (TPSA) is 29.9 Å². The molecular formula is C14H17BrIN3. The van der Waals surface area contributed by atoms with Gasteiger partial charge in [0.25, 0.3) is 0 Å². The van der Waals surface area contributed by atoms with Crippen LogP contribution in [0.4, 0.5) is 0 Å². The Morgan fingerprint density at radius 1 is 1.47 bits per heavy atom. The van der Waals surface area contributed by atoms with Crippen LogP contribution in [-0.2, 0) is 0 Å². The molecule has 0 bridgehead atoms. The van der Waals surface area contributed by atoms with Crippen molar-refractivity contribution in [1.82, 2.24) is 15.1 Å². The van der Waals surface area contributed by atoms with Crippen LogP contribution in [0.3, 0.4) is 0 Å². The Balaban J connectivity index is 2.21. The van der Waals surface area contributed by atoms with Gasteiger partial charge < -0.3 is 5.32 Å². The zero-order valence-corrected chi connectivity index (χ0v) is 14.8. The highest BCUT2D eigenvalue weighted by atomic mass is 127. The zero-order chi connectivity index (χ0) is 13.8. The molecule has 1 unspecified atom stereocenters. The molecule has 2 aromatic rings. The van der Waals surface area contributed by atoms with Crippen molar-refractivity contribution >= 4 is 38.5 Å². The van der Waals surface area contributed by atoms with E-state index in [4.69, 9.17) is 0 Å². The minimum atomic E-state index is 0.348. The Morgan fingerprint density at radius 2 is 2.26 bits per heavy atom. The molecule has 0 aliphatic rings. The van der Waals surface area contributed by atoms with Gasteiger partial charge in [-0.3, -0.25) is 0 Å². The largest absolute Gasteiger partial charge is 0.310 e. The molecule has 0 radical (unpaired) electrons. The fraction of sp³-hybridized carbons (Fsp3) is 0.357. The van der Waals surface area contributed by atoms with Crippen LogP contribution in [0.2, 0.25) is 0 Å². The molecule has 0 saturated heterocycles. The highest BCUT2D eigenvalue weighted by Crippen LogP contribution is 2.26. The number of halogens is 2. The van der Waals surface area contributed by atoms with Crippen LogP contribution >= 0.6 is 38.5 Å². The lowest BCUT2D eigenvalue weighted by Crippen LogP contribution is -2.19. The molecule has 0 aliphatic carbocycles. The predicted molar refractivity (Wildman–Crippen MR) is 90.7 cm³/mol. The van der Waals surface area contributed by atoms with E-state index >= 15 is 0 Å². The molecule has 5 heteroatoms. The van der Waals surface area contributed by atoms with E-state index in [0.717, 1.165) is 26.7 Å². The summed E-state index contributed by atoms with van der Waals surface area (Å²) in [5, 5.41) is 7.82. The number of nitrogens with one attached hydrogen (secondary N) is 1. The Labute approximate surface area is 136 Å². The van der Waals surface area contributed by atoms with Crippen LogP contribution in [0.5, 0.6) is 0 Å². The smallest absolute Gasteiger partial charge is 0.0657 e. The van der Waals surface area contributed by atoms with Gasteiger partial charge in [0.15, 0.2) is 0 Å². The van der Waals surface area contributed by atoms with Crippen LogP contribution in [0.15, 0.2) is 35.1 Å². The minimum absolute atomic E-state index is 0.348. The number of nitrogens with zero attached hydrogens (tertiary/aromatic N) is 2. The normalized spacial score (nSPS) is 12.6. The van der Waals surface area contributed by atoms with E-state index in [1.54, 1.807) is 0 Å². The maximum absolute atomic E-state index is 4.32. The standard InChI is InChI=1S/C14H17BrIN3/c1-3-6-17-10(2)13-5-4-12(7-14(13)15)19-9-11(16)8-18-19/h4-5,7-10,17H,3,6H2,1-2H3. The molecule has 19 heavy (non-hydrogen) atoms. The Hall–Kier alpha value is -0.400. The van der Waals surface area contributed by atoms with Gasteiger partial charge in [-0.2, -0.15) is 5.10 Å². The van der Waals surface area contributed by atoms with Crippen LogP contribution in [0.25, 0.3) is 5.69 Å². The molecule has 3 nitrogen and oxygen atoms in total. The third-order valence-electron chi connectivity index (χ3n) is 2.97. The second-order valence-corrected chi connectivity index (χ2v) is 6.58. The zero-order valence-electron chi connectivity index (χ0n) is 11.0. The first-order valence-electron chi connectivity index (χ1n) is 6.35. The van der Waals surface area contributed by atoms with E-state index in [0.29, 0.717) is 6.04 Å². The van der Waals surface area contributed by atoms with Crippen LogP contribution in [-0.4, -0.2) is 16.3 Å². The molecule has 0 saturated carbocycles. The fourth-order valence-electron chi connectivity index (χ4n) is 1.92. The third-order valence-corrected chi connectivity index (χ3v) is 4.21. The lowest BCUT2D eigenvalue weighted by molar-refractivity contribution is 0.569. The monoisotopic (exact) mass is 433 g/mol. The van der Waals surface area contributed by atoms with Crippen molar-refractivity contribution < 1.29 is 0 Å². The highest BCUT2D eigenvalue weighted by molar-refractivity contribution is 14.1. The molecule has 1 heterocycles. The molecule has 2 rings (SSSR count). The van der Waals surface area contributed by atoms with E-state index in [-0.39, 0.29) is 0 Å². The van der Waals surface area contributed by atoms with Crippen molar-refractivity contribution in [1.29, 1.82) is 0 Å². The molecule has 102 valence electrons. The van der Waals surface area contributed by atoms with Crippen molar-refractivity contribution in [3.8, 4) is 5.69 Å². The van der Waals surface area contributed by atoms with Gasteiger partial charge in [-0.25, -0.2) is 4.68 Å². The van der Waals surface area contributed by atoms with Gasteiger partial charge in [-0.1, -0.05) is 28.9 Å². The summed E-state index contributed by atoms with van der Waals surface area (Å²) in [6.45, 7) is 5.40.